The average molecular weight is 310 g/mol. The van der Waals surface area contributed by atoms with Crippen molar-refractivity contribution < 1.29 is 9.90 Å². The van der Waals surface area contributed by atoms with Gasteiger partial charge < -0.3 is 10.0 Å². The molecule has 0 radical (unpaired) electrons. The molecular weight excluding hydrogens is 292 g/mol. The molecule has 4 rings (SSSR count). The van der Waals surface area contributed by atoms with Crippen molar-refractivity contribution in [2.24, 2.45) is 12.0 Å². The van der Waals surface area contributed by atoms with Crippen LogP contribution in [-0.2, 0) is 7.05 Å². The van der Waals surface area contributed by atoms with Crippen molar-refractivity contribution in [1.82, 2.24) is 9.78 Å². The van der Waals surface area contributed by atoms with Crippen LogP contribution in [0.1, 0.15) is 27.9 Å². The molecule has 3 heterocycles. The third kappa shape index (κ3) is 1.88. The first-order valence-corrected chi connectivity index (χ1v) is 7.64. The van der Waals surface area contributed by atoms with E-state index in [0.29, 0.717) is 30.1 Å². The van der Waals surface area contributed by atoms with Gasteiger partial charge in [0.25, 0.3) is 0 Å². The second-order valence-electron chi connectivity index (χ2n) is 6.35. The van der Waals surface area contributed by atoms with Crippen LogP contribution in [0.15, 0.2) is 29.5 Å². The first-order chi connectivity index (χ1) is 10.9. The number of hydrogen-bond donors (Lipinski definition) is 1. The molecule has 2 aliphatic heterocycles. The molecule has 1 N–H and O–H groups in total. The predicted molar refractivity (Wildman–Crippen MR) is 87.5 cm³/mol. The second kappa shape index (κ2) is 4.52. The Hall–Kier alpha value is -2.47. The molecule has 6 nitrogen and oxygen atoms in total. The van der Waals surface area contributed by atoms with Crippen LogP contribution < -0.4 is 4.90 Å². The minimum absolute atomic E-state index is 0.257. The Morgan fingerprint density at radius 2 is 2.00 bits per heavy atom. The summed E-state index contributed by atoms with van der Waals surface area (Å²) in [6.45, 7) is 4.50. The van der Waals surface area contributed by atoms with Crippen molar-refractivity contribution >= 4 is 23.0 Å². The van der Waals surface area contributed by atoms with E-state index >= 15 is 0 Å². The molecule has 0 aliphatic carbocycles. The summed E-state index contributed by atoms with van der Waals surface area (Å²) in [7, 11) is 1.83. The van der Waals surface area contributed by atoms with E-state index in [1.54, 1.807) is 10.9 Å². The molecule has 6 heteroatoms. The highest BCUT2D eigenvalue weighted by atomic mass is 16.3. The molecule has 1 aromatic heterocycles. The molecule has 23 heavy (non-hydrogen) atoms. The summed E-state index contributed by atoms with van der Waals surface area (Å²) in [6.07, 6.45) is 3.91. The van der Waals surface area contributed by atoms with Crippen molar-refractivity contribution in [3.05, 3.63) is 41.2 Å². The quantitative estimate of drug-likeness (QED) is 0.873. The van der Waals surface area contributed by atoms with Gasteiger partial charge in [-0.2, -0.15) is 5.10 Å². The Balaban J connectivity index is 1.89. The van der Waals surface area contributed by atoms with Crippen LogP contribution in [0.2, 0.25) is 0 Å². The molecule has 118 valence electrons. The molecule has 2 aliphatic rings. The van der Waals surface area contributed by atoms with Crippen molar-refractivity contribution in [2.75, 3.05) is 11.4 Å². The summed E-state index contributed by atoms with van der Waals surface area (Å²) in [6, 6.07) is 3.74. The highest BCUT2D eigenvalue weighted by molar-refractivity contribution is 6.28. The topological polar surface area (TPSA) is 70.7 Å². The minimum Gasteiger partial charge on any atom is -0.374 e. The number of hydrogen-bond acceptors (Lipinski definition) is 5. The number of aliphatic hydroxyl groups is 1. The monoisotopic (exact) mass is 310 g/mol. The van der Waals surface area contributed by atoms with Gasteiger partial charge in [-0.1, -0.05) is 0 Å². The molecule has 0 amide bonds. The molecule has 0 saturated carbocycles. The summed E-state index contributed by atoms with van der Waals surface area (Å²) in [5.41, 5.74) is 2.55. The average Bonchev–Trinajstić information content (AvgIpc) is 3.07. The lowest BCUT2D eigenvalue weighted by atomic mass is 9.86. The SMILES string of the molecule is Cc1cc2c(cc1C)C(=O)C1(O)CCN(c3cnn(C)c3)C1=N2. The molecule has 1 fully saturated rings. The predicted octanol–water partition coefficient (Wildman–Crippen LogP) is 1.90. The number of aryl methyl sites for hydroxylation is 3. The van der Waals surface area contributed by atoms with Crippen LogP contribution >= 0.6 is 0 Å². The van der Waals surface area contributed by atoms with Gasteiger partial charge in [0.2, 0.25) is 5.78 Å². The van der Waals surface area contributed by atoms with Gasteiger partial charge >= 0.3 is 0 Å². The Morgan fingerprint density at radius 3 is 2.70 bits per heavy atom. The van der Waals surface area contributed by atoms with Gasteiger partial charge in [-0.15, -0.1) is 0 Å². The number of anilines is 1. The normalized spacial score (nSPS) is 22.9. The Morgan fingerprint density at radius 1 is 1.26 bits per heavy atom. The van der Waals surface area contributed by atoms with E-state index in [1.165, 1.54) is 0 Å². The van der Waals surface area contributed by atoms with Gasteiger partial charge in [-0.05, 0) is 37.1 Å². The maximum absolute atomic E-state index is 12.9. The van der Waals surface area contributed by atoms with Gasteiger partial charge in [-0.3, -0.25) is 9.48 Å². The van der Waals surface area contributed by atoms with Crippen LogP contribution in [-0.4, -0.2) is 38.7 Å². The molecule has 1 atom stereocenters. The van der Waals surface area contributed by atoms with Crippen LogP contribution in [0.3, 0.4) is 0 Å². The summed E-state index contributed by atoms with van der Waals surface area (Å²) < 4.78 is 1.69. The van der Waals surface area contributed by atoms with Crippen molar-refractivity contribution in [3.8, 4) is 0 Å². The standard InChI is InChI=1S/C17H18N4O2/c1-10-6-13-14(7-11(10)2)19-16-17(23,15(13)22)4-5-21(16)12-8-18-20(3)9-12/h6-9,23H,4-5H2,1-3H3. The van der Waals surface area contributed by atoms with Crippen LogP contribution in [0.25, 0.3) is 0 Å². The van der Waals surface area contributed by atoms with Crippen molar-refractivity contribution in [1.29, 1.82) is 0 Å². The van der Waals surface area contributed by atoms with E-state index in [0.717, 1.165) is 16.8 Å². The Labute approximate surface area is 134 Å². The zero-order valence-corrected chi connectivity index (χ0v) is 13.4. The summed E-state index contributed by atoms with van der Waals surface area (Å²) in [5, 5.41) is 15.1. The summed E-state index contributed by atoms with van der Waals surface area (Å²) in [4.78, 5) is 19.4. The lowest BCUT2D eigenvalue weighted by Crippen LogP contribution is -2.48. The minimum atomic E-state index is -1.54. The molecule has 2 aromatic rings. The molecule has 0 spiro atoms. The first-order valence-electron chi connectivity index (χ1n) is 7.64. The zero-order chi connectivity index (χ0) is 16.4. The fourth-order valence-electron chi connectivity index (χ4n) is 3.29. The van der Waals surface area contributed by atoms with Crippen LogP contribution in [0.5, 0.6) is 0 Å². The van der Waals surface area contributed by atoms with Crippen molar-refractivity contribution in [3.63, 3.8) is 0 Å². The fraction of sp³-hybridized carbons (Fsp3) is 0.353. The number of nitrogens with zero attached hydrogens (tertiary/aromatic N) is 4. The third-order valence-corrected chi connectivity index (χ3v) is 4.78. The fourth-order valence-corrected chi connectivity index (χ4v) is 3.29. The van der Waals surface area contributed by atoms with Crippen molar-refractivity contribution in [2.45, 2.75) is 25.9 Å². The Bertz CT molecular complexity index is 867. The van der Waals surface area contributed by atoms with Gasteiger partial charge in [-0.25, -0.2) is 4.99 Å². The lowest BCUT2D eigenvalue weighted by molar-refractivity contribution is 0.0602. The highest BCUT2D eigenvalue weighted by Crippen LogP contribution is 2.40. The number of aromatic nitrogens is 2. The first kappa shape index (κ1) is 14.1. The number of Topliss-reactive ketones (excluding diaryl/α,β-unsaturated/α-hetero) is 1. The van der Waals surface area contributed by atoms with E-state index in [1.807, 2.05) is 44.1 Å². The van der Waals surface area contributed by atoms with Gasteiger partial charge in [0.15, 0.2) is 5.60 Å². The number of benzene rings is 1. The van der Waals surface area contributed by atoms with Gasteiger partial charge in [0, 0.05) is 31.8 Å². The number of aliphatic imine (C=N–C) groups is 1. The molecular formula is C17H18N4O2. The third-order valence-electron chi connectivity index (χ3n) is 4.78. The molecule has 1 aromatic carbocycles. The highest BCUT2D eigenvalue weighted by Gasteiger charge is 2.52. The number of amidine groups is 1. The maximum atomic E-state index is 12.9. The van der Waals surface area contributed by atoms with Crippen LogP contribution in [0, 0.1) is 13.8 Å². The summed E-state index contributed by atoms with van der Waals surface area (Å²) >= 11 is 0. The number of carbonyl (C=O) groups excluding carboxylic acids is 1. The maximum Gasteiger partial charge on any atom is 0.204 e. The van der Waals surface area contributed by atoms with E-state index in [-0.39, 0.29) is 5.78 Å². The molecule has 1 unspecified atom stereocenters. The van der Waals surface area contributed by atoms with E-state index in [9.17, 15) is 9.90 Å². The smallest absolute Gasteiger partial charge is 0.204 e. The number of ketones is 1. The number of carbonyl (C=O) groups is 1. The van der Waals surface area contributed by atoms with Crippen LogP contribution in [0.4, 0.5) is 11.4 Å². The molecule has 1 saturated heterocycles. The molecule has 0 bridgehead atoms. The largest absolute Gasteiger partial charge is 0.374 e. The van der Waals surface area contributed by atoms with E-state index in [2.05, 4.69) is 10.1 Å². The van der Waals surface area contributed by atoms with E-state index < -0.39 is 5.60 Å². The second-order valence-corrected chi connectivity index (χ2v) is 6.35. The number of fused-ring (bicyclic) bond motifs is 2. The zero-order valence-electron chi connectivity index (χ0n) is 13.4. The van der Waals surface area contributed by atoms with E-state index in [4.69, 9.17) is 0 Å². The van der Waals surface area contributed by atoms with Gasteiger partial charge in [0.05, 0.1) is 17.6 Å². The lowest BCUT2D eigenvalue weighted by Gasteiger charge is -2.29. The summed E-state index contributed by atoms with van der Waals surface area (Å²) in [5.74, 6) is 0.151. The number of rotatable bonds is 1. The Kier molecular flexibility index (Phi) is 2.78. The van der Waals surface area contributed by atoms with Gasteiger partial charge in [0.1, 0.15) is 5.84 Å².